The van der Waals surface area contributed by atoms with E-state index in [1.165, 1.54) is 23.9 Å². The van der Waals surface area contributed by atoms with Crippen molar-refractivity contribution in [2.45, 2.75) is 18.4 Å². The number of rotatable bonds is 8. The van der Waals surface area contributed by atoms with E-state index in [1.54, 1.807) is 30.5 Å². The molecule has 2 aromatic heterocycles. The van der Waals surface area contributed by atoms with Gasteiger partial charge in [-0.2, -0.15) is 4.98 Å². The van der Waals surface area contributed by atoms with Gasteiger partial charge in [0, 0.05) is 22.7 Å². The number of thioether (sulfide) groups is 1. The lowest BCUT2D eigenvalue weighted by molar-refractivity contribution is -0.118. The summed E-state index contributed by atoms with van der Waals surface area (Å²) in [6.07, 6.45) is 1.59. The Labute approximate surface area is 159 Å². The number of halogens is 1. The van der Waals surface area contributed by atoms with Crippen LogP contribution in [0.15, 0.2) is 52.0 Å². The zero-order valence-corrected chi connectivity index (χ0v) is 15.3. The number of nitrogens with zero attached hydrogens (tertiary/aromatic N) is 3. The Balaban J connectivity index is 1.48. The highest BCUT2D eigenvalue weighted by Crippen LogP contribution is 2.18. The molecule has 0 atom stereocenters. The van der Waals surface area contributed by atoms with Gasteiger partial charge in [0.25, 0.3) is 0 Å². The van der Waals surface area contributed by atoms with Crippen LogP contribution in [0.5, 0.6) is 5.88 Å². The van der Waals surface area contributed by atoms with E-state index in [9.17, 15) is 9.18 Å². The fourth-order valence-corrected chi connectivity index (χ4v) is 2.82. The maximum atomic E-state index is 12.9. The molecule has 0 unspecified atom stereocenters. The Morgan fingerprint density at radius 3 is 2.78 bits per heavy atom. The van der Waals surface area contributed by atoms with Crippen molar-refractivity contribution >= 4 is 17.7 Å². The lowest BCUT2D eigenvalue weighted by Gasteiger charge is -2.02. The van der Waals surface area contributed by atoms with Crippen LogP contribution in [0.2, 0.25) is 0 Å². The molecule has 3 rings (SSSR count). The van der Waals surface area contributed by atoms with Crippen molar-refractivity contribution in [3.05, 3.63) is 54.3 Å². The molecule has 0 aliphatic heterocycles. The highest BCUT2D eigenvalue weighted by Gasteiger charge is 2.11. The number of carbonyl (C=O) groups excluding carboxylic acids is 1. The normalized spacial score (nSPS) is 10.6. The topological polar surface area (TPSA) is 90.1 Å². The molecule has 0 spiro atoms. The molecule has 1 aromatic carbocycles. The quantitative estimate of drug-likeness (QED) is 0.593. The highest BCUT2D eigenvalue weighted by atomic mass is 32.2. The predicted molar refractivity (Wildman–Crippen MR) is 97.7 cm³/mol. The monoisotopic (exact) mass is 388 g/mol. The predicted octanol–water partition coefficient (Wildman–Crippen LogP) is 3.08. The minimum Gasteiger partial charge on any atom is -0.478 e. The molecule has 0 bridgehead atoms. The molecule has 9 heteroatoms. The average molecular weight is 388 g/mol. The number of hydrogen-bond acceptors (Lipinski definition) is 7. The maximum Gasteiger partial charge on any atom is 0.246 e. The molecule has 0 radical (unpaired) electrons. The zero-order chi connectivity index (χ0) is 19.1. The molecule has 1 amide bonds. The summed E-state index contributed by atoms with van der Waals surface area (Å²) in [7, 11) is 0. The summed E-state index contributed by atoms with van der Waals surface area (Å²) in [6, 6.07) is 9.48. The summed E-state index contributed by atoms with van der Waals surface area (Å²) in [6.45, 7) is 2.55. The summed E-state index contributed by atoms with van der Waals surface area (Å²) in [5.74, 6) is 0.908. The first-order valence-electron chi connectivity index (χ1n) is 8.21. The van der Waals surface area contributed by atoms with Crippen molar-refractivity contribution in [3.8, 4) is 17.3 Å². The smallest absolute Gasteiger partial charge is 0.246 e. The lowest BCUT2D eigenvalue weighted by Crippen LogP contribution is -2.24. The van der Waals surface area contributed by atoms with E-state index in [0.29, 0.717) is 29.8 Å². The number of carbonyl (C=O) groups is 1. The number of hydrogen-bond donors (Lipinski definition) is 1. The molecule has 0 fully saturated rings. The third-order valence-electron chi connectivity index (χ3n) is 3.38. The van der Waals surface area contributed by atoms with Gasteiger partial charge in [-0.25, -0.2) is 9.37 Å². The maximum absolute atomic E-state index is 12.9. The van der Waals surface area contributed by atoms with Gasteiger partial charge >= 0.3 is 0 Å². The number of benzene rings is 1. The summed E-state index contributed by atoms with van der Waals surface area (Å²) in [4.78, 5) is 21.1. The Hall–Kier alpha value is -2.94. The van der Waals surface area contributed by atoms with Gasteiger partial charge in [0.2, 0.25) is 23.5 Å². The van der Waals surface area contributed by atoms with E-state index in [-0.39, 0.29) is 24.0 Å². The van der Waals surface area contributed by atoms with Crippen LogP contribution in [0.4, 0.5) is 4.39 Å². The first kappa shape index (κ1) is 18.8. The fourth-order valence-electron chi connectivity index (χ4n) is 2.09. The average Bonchev–Trinajstić information content (AvgIpc) is 3.16. The SMILES string of the molecule is CCOc1ccc(-c2noc(CNC(=O)CSc3ccc(F)cc3)n2)cn1. The van der Waals surface area contributed by atoms with Crippen LogP contribution in [0.1, 0.15) is 12.8 Å². The minimum atomic E-state index is -0.307. The van der Waals surface area contributed by atoms with Gasteiger partial charge in [-0.05, 0) is 37.3 Å². The van der Waals surface area contributed by atoms with Crippen LogP contribution in [0.25, 0.3) is 11.4 Å². The first-order valence-corrected chi connectivity index (χ1v) is 9.19. The van der Waals surface area contributed by atoms with E-state index >= 15 is 0 Å². The van der Waals surface area contributed by atoms with Crippen molar-refractivity contribution < 1.29 is 18.4 Å². The fraction of sp³-hybridized carbons (Fsp3) is 0.222. The molecule has 2 heterocycles. The van der Waals surface area contributed by atoms with Crippen molar-refractivity contribution in [1.29, 1.82) is 0 Å². The molecule has 0 aliphatic rings. The van der Waals surface area contributed by atoms with Crippen molar-refractivity contribution in [2.24, 2.45) is 0 Å². The van der Waals surface area contributed by atoms with Crippen LogP contribution in [-0.4, -0.2) is 33.4 Å². The number of aromatic nitrogens is 3. The van der Waals surface area contributed by atoms with Gasteiger partial charge < -0.3 is 14.6 Å². The van der Waals surface area contributed by atoms with E-state index in [2.05, 4.69) is 20.4 Å². The van der Waals surface area contributed by atoms with Gasteiger partial charge in [-0.3, -0.25) is 4.79 Å². The Morgan fingerprint density at radius 2 is 2.07 bits per heavy atom. The molecule has 0 saturated carbocycles. The summed E-state index contributed by atoms with van der Waals surface area (Å²) in [5.41, 5.74) is 0.687. The van der Waals surface area contributed by atoms with E-state index < -0.39 is 0 Å². The highest BCUT2D eigenvalue weighted by molar-refractivity contribution is 8.00. The Morgan fingerprint density at radius 1 is 1.26 bits per heavy atom. The second kappa shape index (κ2) is 9.13. The number of ether oxygens (including phenoxy) is 1. The van der Waals surface area contributed by atoms with Crippen LogP contribution < -0.4 is 10.1 Å². The standard InChI is InChI=1S/C18H17FN4O3S/c1-2-25-16-8-3-12(9-21-16)18-22-17(26-23-18)10-20-15(24)11-27-14-6-4-13(19)5-7-14/h3-9H,2,10-11H2,1H3,(H,20,24). The second-order valence-corrected chi connectivity index (χ2v) is 6.40. The van der Waals surface area contributed by atoms with Crippen LogP contribution in [-0.2, 0) is 11.3 Å². The molecule has 7 nitrogen and oxygen atoms in total. The molecule has 0 saturated heterocycles. The molecule has 27 heavy (non-hydrogen) atoms. The third kappa shape index (κ3) is 5.52. The van der Waals surface area contributed by atoms with Gasteiger partial charge in [0.15, 0.2) is 0 Å². The van der Waals surface area contributed by atoms with E-state index in [1.807, 2.05) is 6.92 Å². The molecule has 140 valence electrons. The number of pyridine rings is 1. The summed E-state index contributed by atoms with van der Waals surface area (Å²) < 4.78 is 23.3. The van der Waals surface area contributed by atoms with Crippen LogP contribution in [0, 0.1) is 5.82 Å². The van der Waals surface area contributed by atoms with Gasteiger partial charge in [-0.1, -0.05) is 5.16 Å². The lowest BCUT2D eigenvalue weighted by atomic mass is 10.3. The van der Waals surface area contributed by atoms with Gasteiger partial charge in [0.05, 0.1) is 18.9 Å². The Bertz CT molecular complexity index is 884. The largest absolute Gasteiger partial charge is 0.478 e. The molecule has 1 N–H and O–H groups in total. The van der Waals surface area contributed by atoms with Crippen molar-refractivity contribution in [3.63, 3.8) is 0 Å². The summed E-state index contributed by atoms with van der Waals surface area (Å²) >= 11 is 1.31. The third-order valence-corrected chi connectivity index (χ3v) is 4.39. The summed E-state index contributed by atoms with van der Waals surface area (Å²) in [5, 5.41) is 6.59. The molecule has 0 aliphatic carbocycles. The molecular formula is C18H17FN4O3S. The first-order chi connectivity index (χ1) is 13.1. The number of amides is 1. The Kier molecular flexibility index (Phi) is 6.37. The van der Waals surface area contributed by atoms with Crippen LogP contribution in [0.3, 0.4) is 0 Å². The van der Waals surface area contributed by atoms with Crippen molar-refractivity contribution in [2.75, 3.05) is 12.4 Å². The van der Waals surface area contributed by atoms with E-state index in [0.717, 1.165) is 4.90 Å². The minimum absolute atomic E-state index is 0.125. The second-order valence-electron chi connectivity index (χ2n) is 5.35. The zero-order valence-electron chi connectivity index (χ0n) is 14.5. The van der Waals surface area contributed by atoms with Gasteiger partial charge in [0.1, 0.15) is 5.82 Å². The number of nitrogens with one attached hydrogen (secondary N) is 1. The van der Waals surface area contributed by atoms with Crippen molar-refractivity contribution in [1.82, 2.24) is 20.4 Å². The van der Waals surface area contributed by atoms with E-state index in [4.69, 9.17) is 9.26 Å². The molecule has 3 aromatic rings. The van der Waals surface area contributed by atoms with Crippen LogP contribution >= 0.6 is 11.8 Å². The molecular weight excluding hydrogens is 371 g/mol. The van der Waals surface area contributed by atoms with Gasteiger partial charge in [-0.15, -0.1) is 11.8 Å².